The number of guanidine groups is 1. The number of hydrazine groups is 2. The van der Waals surface area contributed by atoms with Crippen molar-refractivity contribution in [1.29, 1.82) is 0 Å². The molecule has 0 aromatic carbocycles. The second kappa shape index (κ2) is 2.96. The summed E-state index contributed by atoms with van der Waals surface area (Å²) in [7, 11) is 0. The van der Waals surface area contributed by atoms with Crippen LogP contribution < -0.4 is 22.3 Å². The molecule has 10 heteroatoms. The molecule has 1 aromatic rings. The van der Waals surface area contributed by atoms with Crippen LogP contribution in [-0.2, 0) is 0 Å². The van der Waals surface area contributed by atoms with Crippen LogP contribution in [0.4, 0.5) is 11.6 Å². The molecule has 3 unspecified atom stereocenters. The summed E-state index contributed by atoms with van der Waals surface area (Å²) in [5, 5.41) is 13.6. The Balaban J connectivity index is 2.06. The zero-order valence-corrected chi connectivity index (χ0v) is 8.55. The second-order valence-electron chi connectivity index (χ2n) is 3.55. The van der Waals surface area contributed by atoms with Gasteiger partial charge in [0.2, 0.25) is 17.6 Å². The minimum Gasteiger partial charge on any atom is -0.368 e. The Labute approximate surface area is 90.6 Å². The van der Waals surface area contributed by atoms with Crippen molar-refractivity contribution in [2.45, 2.75) is 19.4 Å². The molecule has 0 saturated heterocycles. The standard InChI is InChI=1S/C6H12N10/c1-2-9-5(7)16-6(8)15(2)12-3-4(13-16)11-14-10-3/h2,6H,8H2,1H3,(H2,7,9)(H3,10,11,12,13,14). The zero-order valence-electron chi connectivity index (χ0n) is 8.55. The molecule has 0 saturated carbocycles. The lowest BCUT2D eigenvalue weighted by atomic mass is 10.5. The lowest BCUT2D eigenvalue weighted by Gasteiger charge is -2.40. The Hall–Kier alpha value is -2.07. The predicted molar refractivity (Wildman–Crippen MR) is 56.4 cm³/mol. The van der Waals surface area contributed by atoms with Gasteiger partial charge in [-0.1, -0.05) is 0 Å². The summed E-state index contributed by atoms with van der Waals surface area (Å²) in [4.78, 5) is 4.22. The maximum absolute atomic E-state index is 6.00. The molecule has 2 aliphatic rings. The molecule has 7 N–H and O–H groups in total. The van der Waals surface area contributed by atoms with Crippen molar-refractivity contribution >= 4 is 17.6 Å². The highest BCUT2D eigenvalue weighted by molar-refractivity contribution is 5.81. The highest BCUT2D eigenvalue weighted by Crippen LogP contribution is 2.24. The number of nitrogens with two attached hydrogens (primary N) is 2. The average Bonchev–Trinajstić information content (AvgIpc) is 2.62. The molecule has 0 spiro atoms. The quantitative estimate of drug-likeness (QED) is 0.341. The summed E-state index contributed by atoms with van der Waals surface area (Å²) >= 11 is 0. The lowest BCUT2D eigenvalue weighted by Crippen LogP contribution is -2.65. The van der Waals surface area contributed by atoms with Gasteiger partial charge in [0.1, 0.15) is 6.17 Å². The number of rotatable bonds is 0. The van der Waals surface area contributed by atoms with Crippen molar-refractivity contribution in [3.8, 4) is 0 Å². The predicted octanol–water partition coefficient (Wildman–Crippen LogP) is -2.01. The van der Waals surface area contributed by atoms with Crippen LogP contribution in [0, 0.1) is 0 Å². The normalized spacial score (nSPS) is 32.0. The molecule has 2 aliphatic heterocycles. The van der Waals surface area contributed by atoms with Crippen molar-refractivity contribution in [3.63, 3.8) is 0 Å². The van der Waals surface area contributed by atoms with Gasteiger partial charge in [-0.05, 0) is 6.92 Å². The second-order valence-corrected chi connectivity index (χ2v) is 3.55. The first-order valence-electron chi connectivity index (χ1n) is 4.77. The monoisotopic (exact) mass is 224 g/mol. The van der Waals surface area contributed by atoms with Gasteiger partial charge in [0.25, 0.3) is 0 Å². The van der Waals surface area contributed by atoms with E-state index in [0.29, 0.717) is 17.6 Å². The van der Waals surface area contributed by atoms with E-state index in [9.17, 15) is 0 Å². The third kappa shape index (κ3) is 1.10. The number of hydrogen-bond acceptors (Lipinski definition) is 9. The van der Waals surface area contributed by atoms with E-state index < -0.39 is 6.29 Å². The Morgan fingerprint density at radius 3 is 2.69 bits per heavy atom. The van der Waals surface area contributed by atoms with Gasteiger partial charge < -0.3 is 5.73 Å². The van der Waals surface area contributed by atoms with E-state index in [1.54, 1.807) is 5.01 Å². The van der Waals surface area contributed by atoms with Crippen LogP contribution in [0.25, 0.3) is 0 Å². The summed E-state index contributed by atoms with van der Waals surface area (Å²) in [6.07, 6.45) is -0.667. The summed E-state index contributed by atoms with van der Waals surface area (Å²) < 4.78 is 0. The van der Waals surface area contributed by atoms with Crippen molar-refractivity contribution in [3.05, 3.63) is 0 Å². The van der Waals surface area contributed by atoms with E-state index in [4.69, 9.17) is 11.5 Å². The maximum Gasteiger partial charge on any atom is 0.214 e. The fourth-order valence-electron chi connectivity index (χ4n) is 1.70. The number of H-pyrrole nitrogens is 1. The van der Waals surface area contributed by atoms with E-state index in [2.05, 4.69) is 31.3 Å². The van der Waals surface area contributed by atoms with Crippen molar-refractivity contribution in [2.24, 2.45) is 16.5 Å². The fourth-order valence-corrected chi connectivity index (χ4v) is 1.70. The number of anilines is 2. The van der Waals surface area contributed by atoms with Gasteiger partial charge in [0.15, 0.2) is 6.29 Å². The molecule has 0 fully saturated rings. The van der Waals surface area contributed by atoms with Gasteiger partial charge in [0, 0.05) is 0 Å². The van der Waals surface area contributed by atoms with Crippen LogP contribution in [0.5, 0.6) is 0 Å². The summed E-state index contributed by atoms with van der Waals surface area (Å²) in [5.41, 5.74) is 17.7. The molecule has 16 heavy (non-hydrogen) atoms. The third-order valence-electron chi connectivity index (χ3n) is 2.53. The number of aromatic amines is 1. The number of aromatic nitrogens is 3. The van der Waals surface area contributed by atoms with E-state index in [0.717, 1.165) is 0 Å². The summed E-state index contributed by atoms with van der Waals surface area (Å²) in [5.74, 6) is 1.38. The van der Waals surface area contributed by atoms with Gasteiger partial charge in [-0.2, -0.15) is 10.2 Å². The number of nitrogens with one attached hydrogen (secondary N) is 3. The molecule has 0 aliphatic carbocycles. The van der Waals surface area contributed by atoms with Gasteiger partial charge in [-0.25, -0.2) is 10.0 Å². The van der Waals surface area contributed by atoms with Gasteiger partial charge in [0.05, 0.1) is 0 Å². The first-order chi connectivity index (χ1) is 7.66. The molecule has 0 radical (unpaired) electrons. The third-order valence-corrected chi connectivity index (χ3v) is 2.53. The zero-order chi connectivity index (χ0) is 11.3. The Morgan fingerprint density at radius 2 is 1.94 bits per heavy atom. The number of aliphatic imine (C=N–C) groups is 1. The van der Waals surface area contributed by atoms with Crippen molar-refractivity contribution in [1.82, 2.24) is 25.4 Å². The molecular formula is C6H12N10. The lowest BCUT2D eigenvalue weighted by molar-refractivity contribution is 0.0873. The number of hydrogen-bond donors (Lipinski definition) is 5. The molecular weight excluding hydrogens is 212 g/mol. The van der Waals surface area contributed by atoms with Crippen LogP contribution in [0.1, 0.15) is 6.92 Å². The molecule has 1 aromatic heterocycles. The smallest absolute Gasteiger partial charge is 0.214 e. The Morgan fingerprint density at radius 1 is 1.25 bits per heavy atom. The van der Waals surface area contributed by atoms with E-state index in [-0.39, 0.29) is 6.17 Å². The maximum atomic E-state index is 6.00. The minimum atomic E-state index is -0.483. The van der Waals surface area contributed by atoms with Crippen molar-refractivity contribution < 1.29 is 0 Å². The molecule has 3 rings (SSSR count). The van der Waals surface area contributed by atoms with Crippen LogP contribution in [0.15, 0.2) is 4.99 Å². The van der Waals surface area contributed by atoms with E-state index >= 15 is 0 Å². The van der Waals surface area contributed by atoms with Gasteiger partial charge in [-0.15, -0.1) is 10.2 Å². The van der Waals surface area contributed by atoms with Gasteiger partial charge in [-0.3, -0.25) is 16.6 Å². The van der Waals surface area contributed by atoms with Crippen LogP contribution >= 0.6 is 0 Å². The fraction of sp³-hybridized carbons (Fsp3) is 0.500. The first-order valence-corrected chi connectivity index (χ1v) is 4.77. The summed E-state index contributed by atoms with van der Waals surface area (Å²) in [6, 6.07) is 0. The van der Waals surface area contributed by atoms with Crippen LogP contribution in [-0.4, -0.2) is 43.8 Å². The topological polar surface area (TPSA) is 137 Å². The Kier molecular flexibility index (Phi) is 1.70. The number of fused-ring (bicyclic) bond motifs is 3. The van der Waals surface area contributed by atoms with Crippen LogP contribution in [0.2, 0.25) is 0 Å². The largest absolute Gasteiger partial charge is 0.368 e. The SMILES string of the molecule is CC1N=C(N)N2Nc3n[nH]nc3NN1C2N. The average molecular weight is 224 g/mol. The highest BCUT2D eigenvalue weighted by Gasteiger charge is 2.36. The molecule has 0 amide bonds. The van der Waals surface area contributed by atoms with Crippen molar-refractivity contribution in [2.75, 3.05) is 10.9 Å². The number of nitrogens with zero attached hydrogens (tertiary/aromatic N) is 5. The molecule has 10 nitrogen and oxygen atoms in total. The van der Waals surface area contributed by atoms with Gasteiger partial charge >= 0.3 is 0 Å². The van der Waals surface area contributed by atoms with Crippen LogP contribution in [0.3, 0.4) is 0 Å². The van der Waals surface area contributed by atoms with E-state index in [1.807, 2.05) is 6.92 Å². The molecule has 3 atom stereocenters. The summed E-state index contributed by atoms with van der Waals surface area (Å²) in [6.45, 7) is 1.88. The first kappa shape index (κ1) is 9.18. The molecule has 86 valence electrons. The van der Waals surface area contributed by atoms with E-state index in [1.165, 1.54) is 5.01 Å². The minimum absolute atomic E-state index is 0.185. The Bertz CT molecular complexity index is 436. The molecule has 3 heterocycles. The highest BCUT2D eigenvalue weighted by atomic mass is 15.8. The molecule has 2 bridgehead atoms.